The van der Waals surface area contributed by atoms with E-state index < -0.39 is 27.9 Å². The first-order valence-corrected chi connectivity index (χ1v) is 10.9. The van der Waals surface area contributed by atoms with Gasteiger partial charge in [-0.25, -0.2) is 13.4 Å². The van der Waals surface area contributed by atoms with E-state index in [1.807, 2.05) is 0 Å². The Morgan fingerprint density at radius 1 is 1.17 bits per heavy atom. The van der Waals surface area contributed by atoms with Gasteiger partial charge in [-0.05, 0) is 37.1 Å². The summed E-state index contributed by atoms with van der Waals surface area (Å²) >= 11 is 5.80. The van der Waals surface area contributed by atoms with Crippen molar-refractivity contribution in [1.29, 1.82) is 0 Å². The van der Waals surface area contributed by atoms with E-state index in [9.17, 15) is 18.0 Å². The summed E-state index contributed by atoms with van der Waals surface area (Å²) in [6, 6.07) is 4.58. The molecule has 0 aliphatic heterocycles. The smallest absolute Gasteiger partial charge is 0.303 e. The molecule has 1 atom stereocenters. The minimum Gasteiger partial charge on any atom is -0.481 e. The molecule has 0 spiro atoms. The Bertz CT molecular complexity index is 901. The highest BCUT2D eigenvalue weighted by Gasteiger charge is 2.26. The zero-order valence-corrected chi connectivity index (χ0v) is 17.2. The van der Waals surface area contributed by atoms with Crippen LogP contribution < -0.4 is 10.0 Å². The Kier molecular flexibility index (Phi) is 8.62. The lowest BCUT2D eigenvalue weighted by Gasteiger charge is -2.19. The van der Waals surface area contributed by atoms with E-state index in [2.05, 4.69) is 15.0 Å². The molecule has 0 saturated heterocycles. The molecule has 158 valence electrons. The van der Waals surface area contributed by atoms with Crippen molar-refractivity contribution in [2.24, 2.45) is 0 Å². The molecule has 1 amide bonds. The molecule has 9 nitrogen and oxygen atoms in total. The lowest BCUT2D eigenvalue weighted by atomic mass is 10.2. The number of unbranched alkanes of at least 4 members (excludes halogenated alkanes) is 2. The average Bonchev–Trinajstić information content (AvgIpc) is 3.17. The van der Waals surface area contributed by atoms with Gasteiger partial charge in [-0.1, -0.05) is 18.0 Å². The molecule has 1 aromatic carbocycles. The van der Waals surface area contributed by atoms with Crippen LogP contribution in [0.3, 0.4) is 0 Å². The molecule has 2 rings (SSSR count). The molecule has 0 aliphatic rings. The van der Waals surface area contributed by atoms with E-state index in [0.717, 1.165) is 0 Å². The second-order valence-corrected chi connectivity index (χ2v) is 8.53. The largest absolute Gasteiger partial charge is 0.481 e. The van der Waals surface area contributed by atoms with Crippen LogP contribution in [-0.2, 0) is 26.2 Å². The van der Waals surface area contributed by atoms with E-state index >= 15 is 0 Å². The van der Waals surface area contributed by atoms with E-state index in [1.54, 1.807) is 10.8 Å². The van der Waals surface area contributed by atoms with Crippen molar-refractivity contribution in [3.8, 4) is 0 Å². The standard InChI is InChI=1S/C18H23ClN4O5S/c19-14-5-7-15(8-6-14)29(27,28)22-16(12-23-11-10-20-13-23)18(26)21-9-3-1-2-4-17(24)25/h5-8,10-11,13,16,22H,1-4,9,12H2,(H,21,26)(H,24,25)/t16-/m0/s1. The lowest BCUT2D eigenvalue weighted by molar-refractivity contribution is -0.137. The number of carbonyl (C=O) groups is 2. The number of halogens is 1. The van der Waals surface area contributed by atoms with Gasteiger partial charge in [0.2, 0.25) is 15.9 Å². The number of aliphatic carboxylic acids is 1. The fourth-order valence-electron chi connectivity index (χ4n) is 2.56. The summed E-state index contributed by atoms with van der Waals surface area (Å²) in [6.45, 7) is 0.388. The lowest BCUT2D eigenvalue weighted by Crippen LogP contribution is -2.49. The topological polar surface area (TPSA) is 130 Å². The van der Waals surface area contributed by atoms with Crippen LogP contribution in [-0.4, -0.2) is 47.5 Å². The maximum atomic E-state index is 12.7. The van der Waals surface area contributed by atoms with Crippen molar-refractivity contribution in [2.75, 3.05) is 6.54 Å². The second-order valence-electron chi connectivity index (χ2n) is 6.38. The monoisotopic (exact) mass is 442 g/mol. The van der Waals surface area contributed by atoms with Gasteiger partial charge in [0.25, 0.3) is 0 Å². The Labute approximate surface area is 174 Å². The van der Waals surface area contributed by atoms with Crippen LogP contribution in [0.2, 0.25) is 5.02 Å². The number of hydrogen-bond donors (Lipinski definition) is 3. The van der Waals surface area contributed by atoms with Crippen LogP contribution in [0, 0.1) is 0 Å². The molecule has 1 heterocycles. The predicted octanol–water partition coefficient (Wildman–Crippen LogP) is 1.64. The summed E-state index contributed by atoms with van der Waals surface area (Å²) < 4.78 is 29.3. The fourth-order valence-corrected chi connectivity index (χ4v) is 3.87. The summed E-state index contributed by atoms with van der Waals surface area (Å²) in [5.41, 5.74) is 0. The fraction of sp³-hybridized carbons (Fsp3) is 0.389. The molecule has 29 heavy (non-hydrogen) atoms. The summed E-state index contributed by atoms with van der Waals surface area (Å²) in [5, 5.41) is 11.7. The van der Waals surface area contributed by atoms with Crippen molar-refractivity contribution < 1.29 is 23.1 Å². The molecule has 0 radical (unpaired) electrons. The van der Waals surface area contributed by atoms with Crippen molar-refractivity contribution >= 4 is 33.5 Å². The Balaban J connectivity index is 1.99. The molecule has 0 saturated carbocycles. The Hall–Kier alpha value is -2.43. The molecule has 0 fully saturated rings. The van der Waals surface area contributed by atoms with E-state index in [1.165, 1.54) is 36.8 Å². The first kappa shape index (κ1) is 22.9. The molecule has 0 bridgehead atoms. The van der Waals surface area contributed by atoms with Gasteiger partial charge in [0.1, 0.15) is 6.04 Å². The highest BCUT2D eigenvalue weighted by atomic mass is 35.5. The highest BCUT2D eigenvalue weighted by molar-refractivity contribution is 7.89. The third-order valence-corrected chi connectivity index (χ3v) is 5.80. The number of hydrogen-bond acceptors (Lipinski definition) is 5. The average molecular weight is 443 g/mol. The van der Waals surface area contributed by atoms with Gasteiger partial charge >= 0.3 is 5.97 Å². The van der Waals surface area contributed by atoms with Crippen molar-refractivity contribution in [1.82, 2.24) is 19.6 Å². The number of nitrogens with one attached hydrogen (secondary N) is 2. The minimum absolute atomic E-state index is 0.000924. The van der Waals surface area contributed by atoms with Gasteiger partial charge in [0, 0.05) is 36.9 Å². The van der Waals surface area contributed by atoms with Gasteiger partial charge in [0.05, 0.1) is 11.2 Å². The molecule has 11 heteroatoms. The maximum absolute atomic E-state index is 12.7. The van der Waals surface area contributed by atoms with Gasteiger partial charge in [-0.15, -0.1) is 0 Å². The second kappa shape index (κ2) is 10.9. The first-order valence-electron chi connectivity index (χ1n) is 9.01. The van der Waals surface area contributed by atoms with Gasteiger partial charge in [0.15, 0.2) is 0 Å². The molecular weight excluding hydrogens is 420 g/mol. The summed E-state index contributed by atoms with van der Waals surface area (Å²) in [4.78, 5) is 27.0. The van der Waals surface area contributed by atoms with Crippen LogP contribution >= 0.6 is 11.6 Å². The van der Waals surface area contributed by atoms with Gasteiger partial charge in [-0.2, -0.15) is 4.72 Å². The molecule has 0 unspecified atom stereocenters. The van der Waals surface area contributed by atoms with E-state index in [4.69, 9.17) is 16.7 Å². The number of carbonyl (C=O) groups excluding carboxylic acids is 1. The number of carboxylic acids is 1. The van der Waals surface area contributed by atoms with E-state index in [0.29, 0.717) is 30.8 Å². The molecule has 1 aromatic heterocycles. The summed E-state index contributed by atoms with van der Waals surface area (Å²) in [5.74, 6) is -1.33. The number of imidazole rings is 1. The number of amides is 1. The van der Waals surface area contributed by atoms with Crippen molar-refractivity contribution in [2.45, 2.75) is 43.2 Å². The third kappa shape index (κ3) is 7.84. The highest BCUT2D eigenvalue weighted by Crippen LogP contribution is 2.14. The predicted molar refractivity (Wildman–Crippen MR) is 107 cm³/mol. The van der Waals surface area contributed by atoms with Crippen molar-refractivity contribution in [3.63, 3.8) is 0 Å². The third-order valence-electron chi connectivity index (χ3n) is 4.06. The Morgan fingerprint density at radius 2 is 1.90 bits per heavy atom. The van der Waals surface area contributed by atoms with Crippen LogP contribution in [0.25, 0.3) is 0 Å². The number of aromatic nitrogens is 2. The minimum atomic E-state index is -3.94. The number of nitrogens with zero attached hydrogens (tertiary/aromatic N) is 2. The number of benzene rings is 1. The zero-order valence-electron chi connectivity index (χ0n) is 15.6. The Morgan fingerprint density at radius 3 is 2.52 bits per heavy atom. The summed E-state index contributed by atoms with van der Waals surface area (Å²) in [6.07, 6.45) is 6.50. The quantitative estimate of drug-likeness (QED) is 0.428. The number of carboxylic acid groups (broad SMARTS) is 1. The van der Waals surface area contributed by atoms with Gasteiger partial charge < -0.3 is 15.0 Å². The van der Waals surface area contributed by atoms with Crippen LogP contribution in [0.4, 0.5) is 0 Å². The first-order chi connectivity index (χ1) is 13.8. The molecule has 0 aliphatic carbocycles. The van der Waals surface area contributed by atoms with Crippen LogP contribution in [0.5, 0.6) is 0 Å². The van der Waals surface area contributed by atoms with Gasteiger partial charge in [-0.3, -0.25) is 9.59 Å². The van der Waals surface area contributed by atoms with E-state index in [-0.39, 0.29) is 17.9 Å². The number of sulfonamides is 1. The maximum Gasteiger partial charge on any atom is 0.303 e. The SMILES string of the molecule is O=C(O)CCCCCNC(=O)[C@H](Cn1ccnc1)NS(=O)(=O)c1ccc(Cl)cc1. The zero-order chi connectivity index (χ0) is 21.3. The molecule has 3 N–H and O–H groups in total. The molecular formula is C18H23ClN4O5S. The normalized spacial score (nSPS) is 12.4. The molecule has 2 aromatic rings. The van der Waals surface area contributed by atoms with Crippen LogP contribution in [0.15, 0.2) is 47.9 Å². The van der Waals surface area contributed by atoms with Crippen molar-refractivity contribution in [3.05, 3.63) is 48.0 Å². The number of rotatable bonds is 12. The van der Waals surface area contributed by atoms with Crippen LogP contribution in [0.1, 0.15) is 25.7 Å². The summed E-state index contributed by atoms with van der Waals surface area (Å²) in [7, 11) is -3.94.